The Kier molecular flexibility index (Phi) is 3.69. The first-order valence-electron chi connectivity index (χ1n) is 8.33. The lowest BCUT2D eigenvalue weighted by molar-refractivity contribution is 0.113. The van der Waals surface area contributed by atoms with Crippen molar-refractivity contribution in [3.05, 3.63) is 46.1 Å². The molecule has 0 bridgehead atoms. The lowest BCUT2D eigenvalue weighted by Crippen LogP contribution is -2.14. The minimum Gasteiger partial charge on any atom is -0.374 e. The maximum atomic E-state index is 12.5. The largest absolute Gasteiger partial charge is 0.374 e. The van der Waals surface area contributed by atoms with Gasteiger partial charge in [-0.3, -0.25) is 9.48 Å². The highest BCUT2D eigenvalue weighted by molar-refractivity contribution is 5.91. The second-order valence-corrected chi connectivity index (χ2v) is 6.25. The van der Waals surface area contributed by atoms with Crippen LogP contribution in [0, 0.1) is 0 Å². The molecule has 1 aliphatic rings. The molecule has 1 aromatic carbocycles. The number of hydrogen-bond donors (Lipinski definition) is 1. The predicted molar refractivity (Wildman–Crippen MR) is 91.9 cm³/mol. The van der Waals surface area contributed by atoms with Crippen molar-refractivity contribution in [1.29, 1.82) is 0 Å². The van der Waals surface area contributed by atoms with Gasteiger partial charge in [-0.05, 0) is 42.5 Å². The lowest BCUT2D eigenvalue weighted by atomic mass is 9.94. The number of aryl methyl sites for hydroxylation is 2. The zero-order valence-corrected chi connectivity index (χ0v) is 13.9. The summed E-state index contributed by atoms with van der Waals surface area (Å²) in [6.07, 6.45) is 6.51. The number of rotatable bonds is 3. The standard InChI is InChI=1S/C18H20N4O2/c1-3-15-13-7-11(12-9-19-22(2)10-12)8-14(16-5-4-6-24-16)17(13)18(23)21-20-15/h7-10,16H,3-6H2,1-2H3,(H,21,23). The topological polar surface area (TPSA) is 72.8 Å². The molecule has 1 atom stereocenters. The third-order valence-corrected chi connectivity index (χ3v) is 4.65. The molecule has 3 aromatic rings. The van der Waals surface area contributed by atoms with Crippen LogP contribution in [0.2, 0.25) is 0 Å². The molecule has 1 unspecified atom stereocenters. The van der Waals surface area contributed by atoms with Crippen LogP contribution in [0.3, 0.4) is 0 Å². The zero-order valence-electron chi connectivity index (χ0n) is 13.9. The minimum absolute atomic E-state index is 0.0303. The Bertz CT molecular complexity index is 951. The molecule has 6 nitrogen and oxygen atoms in total. The summed E-state index contributed by atoms with van der Waals surface area (Å²) in [7, 11) is 1.90. The number of hydrogen-bond acceptors (Lipinski definition) is 4. The van der Waals surface area contributed by atoms with Crippen molar-refractivity contribution in [2.75, 3.05) is 6.61 Å². The maximum Gasteiger partial charge on any atom is 0.272 e. The van der Waals surface area contributed by atoms with E-state index in [1.54, 1.807) is 4.68 Å². The number of aromatic nitrogens is 4. The highest BCUT2D eigenvalue weighted by Crippen LogP contribution is 2.36. The van der Waals surface area contributed by atoms with Crippen LogP contribution in [0.25, 0.3) is 21.9 Å². The van der Waals surface area contributed by atoms with Crippen LogP contribution in [-0.4, -0.2) is 26.6 Å². The van der Waals surface area contributed by atoms with Gasteiger partial charge in [0.25, 0.3) is 5.56 Å². The molecule has 3 heterocycles. The first kappa shape index (κ1) is 15.1. The van der Waals surface area contributed by atoms with E-state index in [0.717, 1.165) is 53.6 Å². The van der Waals surface area contributed by atoms with E-state index in [0.29, 0.717) is 5.39 Å². The Morgan fingerprint density at radius 1 is 1.38 bits per heavy atom. The summed E-state index contributed by atoms with van der Waals surface area (Å²) in [5.74, 6) is 0. The van der Waals surface area contributed by atoms with E-state index in [-0.39, 0.29) is 11.7 Å². The summed E-state index contributed by atoms with van der Waals surface area (Å²) in [6, 6.07) is 4.12. The first-order valence-corrected chi connectivity index (χ1v) is 8.33. The first-order chi connectivity index (χ1) is 11.7. The molecule has 6 heteroatoms. The second-order valence-electron chi connectivity index (χ2n) is 6.25. The third-order valence-electron chi connectivity index (χ3n) is 4.65. The van der Waals surface area contributed by atoms with Crippen molar-refractivity contribution >= 4 is 10.8 Å². The molecular weight excluding hydrogens is 304 g/mol. The number of nitrogens with zero attached hydrogens (tertiary/aromatic N) is 3. The quantitative estimate of drug-likeness (QED) is 0.804. The Balaban J connectivity index is 2.04. The third kappa shape index (κ3) is 2.43. The fraction of sp³-hybridized carbons (Fsp3) is 0.389. The van der Waals surface area contributed by atoms with Crippen LogP contribution < -0.4 is 5.56 Å². The summed E-state index contributed by atoms with van der Waals surface area (Å²) < 4.78 is 7.66. The summed E-state index contributed by atoms with van der Waals surface area (Å²) in [4.78, 5) is 12.5. The fourth-order valence-corrected chi connectivity index (χ4v) is 3.46. The molecule has 4 rings (SSSR count). The van der Waals surface area contributed by atoms with Gasteiger partial charge in [-0.1, -0.05) is 6.92 Å². The van der Waals surface area contributed by atoms with Gasteiger partial charge in [0.2, 0.25) is 0 Å². The van der Waals surface area contributed by atoms with E-state index in [4.69, 9.17) is 4.74 Å². The molecule has 2 aromatic heterocycles. The number of benzene rings is 1. The average molecular weight is 324 g/mol. The number of nitrogens with one attached hydrogen (secondary N) is 1. The summed E-state index contributed by atoms with van der Waals surface area (Å²) >= 11 is 0. The summed E-state index contributed by atoms with van der Waals surface area (Å²) in [5.41, 5.74) is 3.78. The highest BCUT2D eigenvalue weighted by atomic mass is 16.5. The van der Waals surface area contributed by atoms with E-state index in [9.17, 15) is 4.79 Å². The molecule has 1 fully saturated rings. The van der Waals surface area contributed by atoms with Crippen LogP contribution in [0.1, 0.15) is 37.1 Å². The second kappa shape index (κ2) is 5.87. The number of fused-ring (bicyclic) bond motifs is 1. The minimum atomic E-state index is -0.148. The van der Waals surface area contributed by atoms with E-state index in [2.05, 4.69) is 21.4 Å². The molecule has 1 N–H and O–H groups in total. The highest BCUT2D eigenvalue weighted by Gasteiger charge is 2.23. The van der Waals surface area contributed by atoms with E-state index < -0.39 is 0 Å². The van der Waals surface area contributed by atoms with Crippen molar-refractivity contribution in [2.45, 2.75) is 32.3 Å². The van der Waals surface area contributed by atoms with Crippen molar-refractivity contribution in [1.82, 2.24) is 20.0 Å². The molecule has 24 heavy (non-hydrogen) atoms. The van der Waals surface area contributed by atoms with Crippen molar-refractivity contribution < 1.29 is 4.74 Å². The summed E-state index contributed by atoms with van der Waals surface area (Å²) in [6.45, 7) is 2.79. The molecule has 1 saturated heterocycles. The molecule has 0 aliphatic carbocycles. The Morgan fingerprint density at radius 3 is 2.92 bits per heavy atom. The van der Waals surface area contributed by atoms with Gasteiger partial charge in [0.15, 0.2) is 0 Å². The Labute approximate surface area is 139 Å². The Hall–Kier alpha value is -2.47. The number of ether oxygens (including phenoxy) is 1. The SMILES string of the molecule is CCc1n[nH]c(=O)c2c(C3CCCO3)cc(-c3cnn(C)c3)cc12. The van der Waals surface area contributed by atoms with Gasteiger partial charge in [0, 0.05) is 30.8 Å². The van der Waals surface area contributed by atoms with Gasteiger partial charge in [-0.2, -0.15) is 10.2 Å². The van der Waals surface area contributed by atoms with E-state index in [1.807, 2.05) is 32.4 Å². The van der Waals surface area contributed by atoms with Crippen molar-refractivity contribution in [3.8, 4) is 11.1 Å². The van der Waals surface area contributed by atoms with Gasteiger partial charge >= 0.3 is 0 Å². The van der Waals surface area contributed by atoms with Crippen LogP contribution >= 0.6 is 0 Å². The molecule has 124 valence electrons. The Morgan fingerprint density at radius 2 is 2.25 bits per heavy atom. The van der Waals surface area contributed by atoms with Crippen molar-refractivity contribution in [2.24, 2.45) is 7.05 Å². The maximum absolute atomic E-state index is 12.5. The monoisotopic (exact) mass is 324 g/mol. The van der Waals surface area contributed by atoms with Crippen LogP contribution in [0.5, 0.6) is 0 Å². The van der Waals surface area contributed by atoms with Crippen LogP contribution in [0.4, 0.5) is 0 Å². The summed E-state index contributed by atoms with van der Waals surface area (Å²) in [5, 5.41) is 12.8. The van der Waals surface area contributed by atoms with Gasteiger partial charge in [-0.15, -0.1) is 0 Å². The van der Waals surface area contributed by atoms with Gasteiger partial charge in [0.05, 0.1) is 23.4 Å². The van der Waals surface area contributed by atoms with Gasteiger partial charge in [-0.25, -0.2) is 5.10 Å². The molecule has 0 saturated carbocycles. The zero-order chi connectivity index (χ0) is 16.7. The molecule has 0 spiro atoms. The van der Waals surface area contributed by atoms with Crippen LogP contribution in [-0.2, 0) is 18.2 Å². The predicted octanol–water partition coefficient (Wildman–Crippen LogP) is 2.74. The molecule has 0 radical (unpaired) electrons. The lowest BCUT2D eigenvalue weighted by Gasteiger charge is -2.15. The fourth-order valence-electron chi connectivity index (χ4n) is 3.46. The smallest absolute Gasteiger partial charge is 0.272 e. The molecule has 1 aliphatic heterocycles. The van der Waals surface area contributed by atoms with Gasteiger partial charge in [0.1, 0.15) is 0 Å². The van der Waals surface area contributed by atoms with E-state index >= 15 is 0 Å². The normalized spacial score (nSPS) is 17.7. The number of H-pyrrole nitrogens is 1. The average Bonchev–Trinajstić information content (AvgIpc) is 3.26. The van der Waals surface area contributed by atoms with Crippen LogP contribution in [0.15, 0.2) is 29.3 Å². The number of aromatic amines is 1. The molecule has 0 amide bonds. The van der Waals surface area contributed by atoms with E-state index in [1.165, 1.54) is 0 Å². The molecular formula is C18H20N4O2. The van der Waals surface area contributed by atoms with Gasteiger partial charge < -0.3 is 4.74 Å². The van der Waals surface area contributed by atoms with Crippen molar-refractivity contribution in [3.63, 3.8) is 0 Å².